The number of rotatable bonds is 11. The third-order valence-corrected chi connectivity index (χ3v) is 7.07. The summed E-state index contributed by atoms with van der Waals surface area (Å²) in [5.74, 6) is 2.39. The van der Waals surface area contributed by atoms with Gasteiger partial charge < -0.3 is 20.1 Å². The van der Waals surface area contributed by atoms with E-state index >= 15 is 0 Å². The van der Waals surface area contributed by atoms with E-state index in [4.69, 9.17) is 21.1 Å². The molecule has 2 aromatic carbocycles. The van der Waals surface area contributed by atoms with Crippen LogP contribution >= 0.6 is 23.5 Å². The molecule has 0 amide bonds. The minimum atomic E-state index is 0.178. The Morgan fingerprint density at radius 3 is 2.70 bits per heavy atom. The van der Waals surface area contributed by atoms with Gasteiger partial charge in [0.05, 0.1) is 24.2 Å². The van der Waals surface area contributed by atoms with Gasteiger partial charge in [0.1, 0.15) is 22.6 Å². The molecule has 1 aliphatic rings. The predicted octanol–water partition coefficient (Wildman–Crippen LogP) is 6.45. The molecule has 1 aliphatic heterocycles. The number of ether oxygens (including phenoxy) is 2. The van der Waals surface area contributed by atoms with E-state index in [2.05, 4.69) is 39.3 Å². The van der Waals surface area contributed by atoms with Crippen molar-refractivity contribution in [1.82, 2.24) is 19.2 Å². The summed E-state index contributed by atoms with van der Waals surface area (Å²) >= 11 is 8.06. The summed E-state index contributed by atoms with van der Waals surface area (Å²) in [6.45, 7) is 8.92. The molecular formula is C27H35ClN6O2S. The molecule has 1 unspecified atom stereocenters. The first-order valence-corrected chi connectivity index (χ1v) is 13.7. The minimum absolute atomic E-state index is 0.178. The van der Waals surface area contributed by atoms with Crippen LogP contribution < -0.4 is 20.1 Å². The maximum absolute atomic E-state index is 6.44. The Labute approximate surface area is 228 Å². The van der Waals surface area contributed by atoms with E-state index in [1.807, 2.05) is 67.8 Å². The molecule has 0 spiro atoms. The molecule has 1 fully saturated rings. The summed E-state index contributed by atoms with van der Waals surface area (Å²) < 4.78 is 14.2. The Morgan fingerprint density at radius 2 is 1.97 bits per heavy atom. The lowest BCUT2D eigenvalue weighted by Gasteiger charge is -2.21. The zero-order chi connectivity index (χ0) is 26.4. The highest BCUT2D eigenvalue weighted by atomic mass is 35.5. The molecule has 2 N–H and O–H groups in total. The number of benzene rings is 2. The average molecular weight is 543 g/mol. The molecule has 0 aliphatic carbocycles. The molecule has 0 saturated carbocycles. The van der Waals surface area contributed by atoms with E-state index in [1.54, 1.807) is 18.1 Å². The fraction of sp³-hybridized carbons (Fsp3) is 0.407. The molecule has 1 saturated heterocycles. The van der Waals surface area contributed by atoms with E-state index in [1.165, 1.54) is 0 Å². The van der Waals surface area contributed by atoms with Crippen LogP contribution in [0.1, 0.15) is 27.2 Å². The highest BCUT2D eigenvalue weighted by molar-refractivity contribution is 7.97. The van der Waals surface area contributed by atoms with Gasteiger partial charge in [0.15, 0.2) is 5.82 Å². The number of aromatic nitrogens is 2. The van der Waals surface area contributed by atoms with Gasteiger partial charge in [-0.05, 0) is 77.5 Å². The van der Waals surface area contributed by atoms with Crippen molar-refractivity contribution in [2.24, 2.45) is 0 Å². The van der Waals surface area contributed by atoms with Crippen LogP contribution in [0.25, 0.3) is 0 Å². The summed E-state index contributed by atoms with van der Waals surface area (Å²) in [6.07, 6.45) is 2.78. The van der Waals surface area contributed by atoms with E-state index in [9.17, 15) is 0 Å². The van der Waals surface area contributed by atoms with Gasteiger partial charge in [-0.15, -0.1) is 0 Å². The second kappa shape index (κ2) is 12.7. The highest BCUT2D eigenvalue weighted by Crippen LogP contribution is 2.35. The molecule has 198 valence electrons. The van der Waals surface area contributed by atoms with Crippen molar-refractivity contribution in [3.05, 3.63) is 53.7 Å². The van der Waals surface area contributed by atoms with E-state index in [0.29, 0.717) is 35.2 Å². The van der Waals surface area contributed by atoms with Crippen molar-refractivity contribution < 1.29 is 9.47 Å². The normalized spacial score (nSPS) is 15.8. The van der Waals surface area contributed by atoms with Crippen LogP contribution in [0.3, 0.4) is 0 Å². The fourth-order valence-corrected chi connectivity index (χ4v) is 4.96. The third kappa shape index (κ3) is 7.41. The monoisotopic (exact) mass is 542 g/mol. The summed E-state index contributed by atoms with van der Waals surface area (Å²) in [6, 6.07) is 14.4. The maximum atomic E-state index is 6.44. The molecule has 1 atom stereocenters. The van der Waals surface area contributed by atoms with Gasteiger partial charge in [-0.1, -0.05) is 23.7 Å². The first-order valence-electron chi connectivity index (χ1n) is 12.5. The fourth-order valence-electron chi connectivity index (χ4n) is 4.08. The molecular weight excluding hydrogens is 508 g/mol. The van der Waals surface area contributed by atoms with Crippen LogP contribution in [0.15, 0.2) is 53.6 Å². The van der Waals surface area contributed by atoms with Crippen molar-refractivity contribution in [2.75, 3.05) is 44.4 Å². The maximum Gasteiger partial charge on any atom is 0.229 e. The second-order valence-corrected chi connectivity index (χ2v) is 11.0. The Hall–Kier alpha value is -2.72. The van der Waals surface area contributed by atoms with E-state index < -0.39 is 0 Å². The van der Waals surface area contributed by atoms with Crippen LogP contribution in [0, 0.1) is 0 Å². The number of hydrogen-bond acceptors (Lipinski definition) is 9. The Morgan fingerprint density at radius 1 is 1.16 bits per heavy atom. The first-order chi connectivity index (χ1) is 17.8. The number of likely N-dealkylation sites (tertiary alicyclic amines) is 1. The van der Waals surface area contributed by atoms with Gasteiger partial charge in [0.2, 0.25) is 5.95 Å². The lowest BCUT2D eigenvalue weighted by Crippen LogP contribution is -2.30. The number of anilines is 4. The van der Waals surface area contributed by atoms with Crippen molar-refractivity contribution in [2.45, 2.75) is 44.2 Å². The van der Waals surface area contributed by atoms with Crippen molar-refractivity contribution in [1.29, 1.82) is 0 Å². The molecule has 10 heteroatoms. The van der Waals surface area contributed by atoms with E-state index in [-0.39, 0.29) is 6.10 Å². The number of para-hydroxylation sites is 1. The number of nitrogens with zero attached hydrogens (tertiary/aromatic N) is 4. The van der Waals surface area contributed by atoms with Crippen LogP contribution in [-0.2, 0) is 0 Å². The van der Waals surface area contributed by atoms with Crippen LogP contribution in [0.5, 0.6) is 11.5 Å². The topological polar surface area (TPSA) is 74.8 Å². The smallest absolute Gasteiger partial charge is 0.229 e. The summed E-state index contributed by atoms with van der Waals surface area (Å²) in [7, 11) is 4.00. The van der Waals surface area contributed by atoms with Crippen molar-refractivity contribution in [3.63, 3.8) is 0 Å². The standard InChI is InChI=1S/C27H35ClN6O2S/c1-6-35-24-15-19(36-20-13-14-34(17-20)18(2)3)11-12-22(24)31-27-29-16-21(28)26(32-27)30-23-9-7-8-10-25(23)37-33(4)5/h7-12,15-16,18,20H,6,13-14,17H2,1-5H3,(H2,29,30,31,32). The molecule has 2 heterocycles. The predicted molar refractivity (Wildman–Crippen MR) is 153 cm³/mol. The van der Waals surface area contributed by atoms with Crippen LogP contribution in [-0.4, -0.2) is 65.1 Å². The number of hydrogen-bond donors (Lipinski definition) is 2. The zero-order valence-corrected chi connectivity index (χ0v) is 23.6. The first kappa shape index (κ1) is 27.3. The van der Waals surface area contributed by atoms with Gasteiger partial charge in [-0.25, -0.2) is 4.98 Å². The zero-order valence-electron chi connectivity index (χ0n) is 22.0. The number of halogens is 1. The summed E-state index contributed by atoms with van der Waals surface area (Å²) in [5, 5.41) is 7.05. The second-order valence-electron chi connectivity index (χ2n) is 9.25. The molecule has 3 aromatic rings. The van der Waals surface area contributed by atoms with E-state index in [0.717, 1.165) is 41.5 Å². The Bertz CT molecular complexity index is 1200. The molecule has 0 bridgehead atoms. The Balaban J connectivity index is 1.50. The van der Waals surface area contributed by atoms with Crippen LogP contribution in [0.2, 0.25) is 5.02 Å². The molecule has 4 rings (SSSR count). The summed E-state index contributed by atoms with van der Waals surface area (Å²) in [5.41, 5.74) is 1.66. The Kier molecular flexibility index (Phi) is 9.37. The van der Waals surface area contributed by atoms with Gasteiger partial charge in [0, 0.05) is 30.1 Å². The molecule has 37 heavy (non-hydrogen) atoms. The average Bonchev–Trinajstić information content (AvgIpc) is 3.33. The van der Waals surface area contributed by atoms with Gasteiger partial charge in [0.25, 0.3) is 0 Å². The van der Waals surface area contributed by atoms with Crippen LogP contribution in [0.4, 0.5) is 23.1 Å². The SMILES string of the molecule is CCOc1cc(OC2CCN(C(C)C)C2)ccc1Nc1ncc(Cl)c(Nc2ccccc2SN(C)C)n1. The minimum Gasteiger partial charge on any atom is -0.492 e. The van der Waals surface area contributed by atoms with Crippen molar-refractivity contribution in [3.8, 4) is 11.5 Å². The highest BCUT2D eigenvalue weighted by Gasteiger charge is 2.26. The third-order valence-electron chi connectivity index (χ3n) is 5.87. The quantitative estimate of drug-likeness (QED) is 0.266. The largest absolute Gasteiger partial charge is 0.492 e. The van der Waals surface area contributed by atoms with Gasteiger partial charge >= 0.3 is 0 Å². The molecule has 0 radical (unpaired) electrons. The summed E-state index contributed by atoms with van der Waals surface area (Å²) in [4.78, 5) is 12.5. The number of nitrogens with one attached hydrogen (secondary N) is 2. The lowest BCUT2D eigenvalue weighted by atomic mass is 10.2. The molecule has 1 aromatic heterocycles. The lowest BCUT2D eigenvalue weighted by molar-refractivity contribution is 0.186. The van der Waals surface area contributed by atoms with Gasteiger partial charge in [-0.2, -0.15) is 4.98 Å². The van der Waals surface area contributed by atoms with Gasteiger partial charge in [-0.3, -0.25) is 9.21 Å². The van der Waals surface area contributed by atoms with Crippen molar-refractivity contribution >= 4 is 46.7 Å². The molecule has 8 nitrogen and oxygen atoms in total.